The van der Waals surface area contributed by atoms with Crippen LogP contribution < -0.4 is 0 Å². The number of carbonyl (C=O) groups is 1. The Kier molecular flexibility index (Phi) is 3.88. The number of ketones is 1. The van der Waals surface area contributed by atoms with Crippen LogP contribution in [0, 0.1) is 0 Å². The predicted molar refractivity (Wildman–Crippen MR) is 80.2 cm³/mol. The van der Waals surface area contributed by atoms with E-state index in [4.69, 9.17) is 0 Å². The highest BCUT2D eigenvalue weighted by Gasteiger charge is 2.27. The molecule has 0 N–H and O–H groups in total. The summed E-state index contributed by atoms with van der Waals surface area (Å²) in [4.78, 5) is 16.3. The van der Waals surface area contributed by atoms with Crippen molar-refractivity contribution in [2.75, 3.05) is 19.6 Å². The maximum atomic E-state index is 11.4. The zero-order chi connectivity index (χ0) is 13.9. The predicted octanol–water partition coefficient (Wildman–Crippen LogP) is 2.44. The Bertz CT molecular complexity index is 509. The first kappa shape index (κ1) is 13.4. The summed E-state index contributed by atoms with van der Waals surface area (Å²) in [5.41, 5.74) is 2.63. The van der Waals surface area contributed by atoms with E-state index in [2.05, 4.69) is 47.1 Å². The number of allylic oxidation sites excluding steroid dienone is 2. The van der Waals surface area contributed by atoms with Gasteiger partial charge in [-0.05, 0) is 18.9 Å². The van der Waals surface area contributed by atoms with Crippen LogP contribution in [0.3, 0.4) is 0 Å². The van der Waals surface area contributed by atoms with Gasteiger partial charge in [-0.1, -0.05) is 30.3 Å². The second kappa shape index (κ2) is 5.80. The quantitative estimate of drug-likeness (QED) is 0.843. The fourth-order valence-electron chi connectivity index (χ4n) is 3.25. The Morgan fingerprint density at radius 1 is 1.15 bits per heavy atom. The van der Waals surface area contributed by atoms with Gasteiger partial charge in [0, 0.05) is 50.4 Å². The standard InChI is InChI=1S/C17H22N2O/c1-14-12-18(13-15-5-3-2-4-6-15)9-10-19(14)16-7-8-17(20)11-16/h2-6,11,14H,7-10,12-13H2,1H3. The summed E-state index contributed by atoms with van der Waals surface area (Å²) in [6.45, 7) is 6.47. The first-order valence-electron chi connectivity index (χ1n) is 7.49. The van der Waals surface area contributed by atoms with Gasteiger partial charge in [-0.2, -0.15) is 0 Å². The molecule has 3 nitrogen and oxygen atoms in total. The molecular formula is C17H22N2O. The van der Waals surface area contributed by atoms with Crippen molar-refractivity contribution in [1.29, 1.82) is 0 Å². The molecule has 1 aromatic carbocycles. The van der Waals surface area contributed by atoms with Crippen LogP contribution in [0.2, 0.25) is 0 Å². The average Bonchev–Trinajstić information content (AvgIpc) is 2.86. The molecule has 0 radical (unpaired) electrons. The molecule has 3 heteroatoms. The van der Waals surface area contributed by atoms with Crippen LogP contribution in [0.1, 0.15) is 25.3 Å². The lowest BCUT2D eigenvalue weighted by Gasteiger charge is -2.42. The van der Waals surface area contributed by atoms with Crippen molar-refractivity contribution in [3.8, 4) is 0 Å². The van der Waals surface area contributed by atoms with Crippen molar-refractivity contribution in [1.82, 2.24) is 9.80 Å². The first-order valence-corrected chi connectivity index (χ1v) is 7.49. The number of rotatable bonds is 3. The molecule has 1 saturated heterocycles. The summed E-state index contributed by atoms with van der Waals surface area (Å²) in [7, 11) is 0. The van der Waals surface area contributed by atoms with Crippen LogP contribution in [0.25, 0.3) is 0 Å². The van der Waals surface area contributed by atoms with Gasteiger partial charge in [0.25, 0.3) is 0 Å². The second-order valence-corrected chi connectivity index (χ2v) is 5.87. The number of hydrogen-bond donors (Lipinski definition) is 0. The Hall–Kier alpha value is -1.61. The SMILES string of the molecule is CC1CN(Cc2ccccc2)CCN1C1=CC(=O)CC1. The molecule has 1 heterocycles. The van der Waals surface area contributed by atoms with Gasteiger partial charge in [0.1, 0.15) is 0 Å². The molecule has 0 saturated carbocycles. The van der Waals surface area contributed by atoms with E-state index in [-0.39, 0.29) is 0 Å². The first-order chi connectivity index (χ1) is 9.72. The van der Waals surface area contributed by atoms with Crippen LogP contribution in [0.4, 0.5) is 0 Å². The van der Waals surface area contributed by atoms with Crippen molar-refractivity contribution in [3.63, 3.8) is 0 Å². The maximum absolute atomic E-state index is 11.4. The summed E-state index contributed by atoms with van der Waals surface area (Å²) in [5, 5.41) is 0. The molecule has 106 valence electrons. The summed E-state index contributed by atoms with van der Waals surface area (Å²) in [5.74, 6) is 0.291. The highest BCUT2D eigenvalue weighted by molar-refractivity contribution is 5.92. The molecule has 1 aliphatic heterocycles. The third-order valence-corrected chi connectivity index (χ3v) is 4.28. The van der Waals surface area contributed by atoms with Crippen LogP contribution in [-0.2, 0) is 11.3 Å². The summed E-state index contributed by atoms with van der Waals surface area (Å²) in [6.07, 6.45) is 3.48. The van der Waals surface area contributed by atoms with E-state index in [9.17, 15) is 4.79 Å². The van der Waals surface area contributed by atoms with E-state index < -0.39 is 0 Å². The number of hydrogen-bond acceptors (Lipinski definition) is 3. The van der Waals surface area contributed by atoms with Gasteiger partial charge in [0.15, 0.2) is 5.78 Å². The monoisotopic (exact) mass is 270 g/mol. The van der Waals surface area contributed by atoms with E-state index in [1.54, 1.807) is 0 Å². The molecule has 3 rings (SSSR count). The van der Waals surface area contributed by atoms with E-state index in [0.29, 0.717) is 18.2 Å². The number of carbonyl (C=O) groups excluding carboxylic acids is 1. The van der Waals surface area contributed by atoms with Gasteiger partial charge in [0.05, 0.1) is 0 Å². The fraction of sp³-hybridized carbons (Fsp3) is 0.471. The number of piperazine rings is 1. The second-order valence-electron chi connectivity index (χ2n) is 5.87. The lowest BCUT2D eigenvalue weighted by molar-refractivity contribution is -0.114. The topological polar surface area (TPSA) is 23.6 Å². The molecule has 1 aliphatic carbocycles. The average molecular weight is 270 g/mol. The van der Waals surface area contributed by atoms with E-state index in [1.165, 1.54) is 11.3 Å². The Balaban J connectivity index is 1.59. The smallest absolute Gasteiger partial charge is 0.157 e. The van der Waals surface area contributed by atoms with Gasteiger partial charge < -0.3 is 4.90 Å². The van der Waals surface area contributed by atoms with Gasteiger partial charge in [-0.3, -0.25) is 9.69 Å². The number of benzene rings is 1. The lowest BCUT2D eigenvalue weighted by atomic mass is 10.1. The van der Waals surface area contributed by atoms with Crippen molar-refractivity contribution >= 4 is 5.78 Å². The Labute approximate surface area is 120 Å². The van der Waals surface area contributed by atoms with Crippen LogP contribution >= 0.6 is 0 Å². The zero-order valence-electron chi connectivity index (χ0n) is 12.1. The molecule has 20 heavy (non-hydrogen) atoms. The molecule has 1 atom stereocenters. The number of nitrogens with zero attached hydrogens (tertiary/aromatic N) is 2. The summed E-state index contributed by atoms with van der Waals surface area (Å²) >= 11 is 0. The molecule has 0 spiro atoms. The van der Waals surface area contributed by atoms with Gasteiger partial charge in [0.2, 0.25) is 0 Å². The molecule has 2 aliphatic rings. The molecule has 1 fully saturated rings. The van der Waals surface area contributed by atoms with Crippen molar-refractivity contribution in [2.24, 2.45) is 0 Å². The van der Waals surface area contributed by atoms with Crippen LogP contribution in [0.5, 0.6) is 0 Å². The minimum atomic E-state index is 0.291. The highest BCUT2D eigenvalue weighted by atomic mass is 16.1. The van der Waals surface area contributed by atoms with Gasteiger partial charge in [-0.15, -0.1) is 0 Å². The molecule has 1 unspecified atom stereocenters. The molecule has 1 aromatic rings. The van der Waals surface area contributed by atoms with Crippen molar-refractivity contribution in [2.45, 2.75) is 32.4 Å². The van der Waals surface area contributed by atoms with Crippen molar-refractivity contribution in [3.05, 3.63) is 47.7 Å². The maximum Gasteiger partial charge on any atom is 0.157 e. The zero-order valence-corrected chi connectivity index (χ0v) is 12.1. The van der Waals surface area contributed by atoms with E-state index in [1.807, 2.05) is 6.08 Å². The van der Waals surface area contributed by atoms with Crippen LogP contribution in [0.15, 0.2) is 42.1 Å². The summed E-state index contributed by atoms with van der Waals surface area (Å²) in [6, 6.07) is 11.1. The molecule has 0 bridgehead atoms. The van der Waals surface area contributed by atoms with Crippen LogP contribution in [-0.4, -0.2) is 41.3 Å². The van der Waals surface area contributed by atoms with Crippen molar-refractivity contribution < 1.29 is 4.79 Å². The third-order valence-electron chi connectivity index (χ3n) is 4.28. The molecular weight excluding hydrogens is 248 g/mol. The minimum absolute atomic E-state index is 0.291. The van der Waals surface area contributed by atoms with Gasteiger partial charge in [-0.25, -0.2) is 0 Å². The minimum Gasteiger partial charge on any atom is -0.369 e. The summed E-state index contributed by atoms with van der Waals surface area (Å²) < 4.78 is 0. The highest BCUT2D eigenvalue weighted by Crippen LogP contribution is 2.24. The Morgan fingerprint density at radius 2 is 1.95 bits per heavy atom. The normalized spacial score (nSPS) is 24.1. The largest absolute Gasteiger partial charge is 0.369 e. The fourth-order valence-corrected chi connectivity index (χ4v) is 3.25. The molecule has 0 amide bonds. The van der Waals surface area contributed by atoms with Gasteiger partial charge >= 0.3 is 0 Å². The lowest BCUT2D eigenvalue weighted by Crippen LogP contribution is -2.50. The third kappa shape index (κ3) is 2.93. The Morgan fingerprint density at radius 3 is 2.60 bits per heavy atom. The molecule has 0 aromatic heterocycles. The van der Waals surface area contributed by atoms with E-state index in [0.717, 1.165) is 32.6 Å². The van der Waals surface area contributed by atoms with E-state index >= 15 is 0 Å².